The molecule has 0 spiro atoms. The van der Waals surface area contributed by atoms with Crippen LogP contribution in [0.1, 0.15) is 33.4 Å². The molecule has 6 rings (SSSR count). The first-order valence-electron chi connectivity index (χ1n) is 16.7. The van der Waals surface area contributed by atoms with Gasteiger partial charge in [0.25, 0.3) is 0 Å². The number of benzene rings is 2. The van der Waals surface area contributed by atoms with Crippen molar-refractivity contribution in [1.29, 1.82) is 0 Å². The van der Waals surface area contributed by atoms with Crippen molar-refractivity contribution >= 4 is 77.8 Å². The first-order chi connectivity index (χ1) is 27.2. The van der Waals surface area contributed by atoms with Crippen molar-refractivity contribution in [3.63, 3.8) is 0 Å². The van der Waals surface area contributed by atoms with Gasteiger partial charge in [-0.3, -0.25) is 9.59 Å². The van der Waals surface area contributed by atoms with Crippen LogP contribution in [0.5, 0.6) is 0 Å². The van der Waals surface area contributed by atoms with E-state index in [2.05, 4.69) is 0 Å². The smallest absolute Gasteiger partial charge is 0.419 e. The molecule has 0 atom stereocenters. The number of aliphatic carboxylic acids is 2. The van der Waals surface area contributed by atoms with Crippen molar-refractivity contribution in [3.8, 4) is 0 Å². The molecule has 59 heavy (non-hydrogen) atoms. The molecule has 0 saturated carbocycles. The van der Waals surface area contributed by atoms with Gasteiger partial charge >= 0.3 is 24.3 Å². The number of pyridine rings is 2. The lowest BCUT2D eigenvalue weighted by atomic mass is 10.1. The highest BCUT2D eigenvalue weighted by molar-refractivity contribution is 7.99. The molecule has 0 aliphatic rings. The third kappa shape index (κ3) is 10.4. The van der Waals surface area contributed by atoms with Gasteiger partial charge in [-0.05, 0) is 103 Å². The second kappa shape index (κ2) is 16.8. The van der Waals surface area contributed by atoms with Crippen LogP contribution in [0.3, 0.4) is 0 Å². The minimum absolute atomic E-state index is 0.112. The minimum atomic E-state index is -4.69. The minimum Gasteiger partial charge on any atom is -0.481 e. The van der Waals surface area contributed by atoms with Gasteiger partial charge in [0.05, 0.1) is 59.9 Å². The molecular formula is C38H31ClF6N2O8S4. The second-order valence-electron chi connectivity index (χ2n) is 13.1. The van der Waals surface area contributed by atoms with Crippen LogP contribution in [-0.2, 0) is 54.5 Å². The highest BCUT2D eigenvalue weighted by Crippen LogP contribution is 2.42. The Morgan fingerprint density at radius 3 is 1.42 bits per heavy atom. The number of hydrogen-bond acceptors (Lipinski definition) is 8. The first kappa shape index (κ1) is 45.5. The first-order valence-corrected chi connectivity index (χ1v) is 22.5. The monoisotopic (exact) mass is 920 g/mol. The third-order valence-corrected chi connectivity index (χ3v) is 13.8. The van der Waals surface area contributed by atoms with Gasteiger partial charge in [0.2, 0.25) is 0 Å². The Morgan fingerprint density at radius 2 is 1.05 bits per heavy atom. The number of fused-ring (bicyclic) bond motifs is 2. The highest BCUT2D eigenvalue weighted by Gasteiger charge is 2.35. The van der Waals surface area contributed by atoms with E-state index >= 15 is 0 Å². The molecule has 0 aliphatic heterocycles. The van der Waals surface area contributed by atoms with Gasteiger partial charge < -0.3 is 19.0 Å². The zero-order chi connectivity index (χ0) is 44.0. The molecule has 0 saturated heterocycles. The van der Waals surface area contributed by atoms with Gasteiger partial charge in [-0.2, -0.15) is 26.3 Å². The number of halogens is 7. The van der Waals surface area contributed by atoms with Crippen molar-refractivity contribution in [2.45, 2.75) is 68.7 Å². The summed E-state index contributed by atoms with van der Waals surface area (Å²) >= 11 is 8.07. The number of carboxylic acid groups (broad SMARTS) is 2. The van der Waals surface area contributed by atoms with Crippen LogP contribution in [0.2, 0.25) is 5.02 Å². The molecule has 21 heteroatoms. The summed E-state index contributed by atoms with van der Waals surface area (Å²) in [6, 6.07) is 15.2. The van der Waals surface area contributed by atoms with Crippen LogP contribution in [0.25, 0.3) is 11.0 Å². The van der Waals surface area contributed by atoms with Crippen molar-refractivity contribution in [2.24, 2.45) is 0 Å². The van der Waals surface area contributed by atoms with Gasteiger partial charge in [-0.1, -0.05) is 35.1 Å². The molecule has 0 radical (unpaired) electrons. The number of aromatic nitrogens is 2. The van der Waals surface area contributed by atoms with Crippen molar-refractivity contribution < 1.29 is 63.0 Å². The number of alkyl halides is 6. The summed E-state index contributed by atoms with van der Waals surface area (Å²) in [5.41, 5.74) is 0.610. The van der Waals surface area contributed by atoms with Crippen molar-refractivity contribution in [1.82, 2.24) is 8.80 Å². The molecular weight excluding hydrogens is 890 g/mol. The maximum Gasteiger partial charge on any atom is 0.419 e. The van der Waals surface area contributed by atoms with E-state index in [0.29, 0.717) is 47.6 Å². The molecule has 0 unspecified atom stereocenters. The summed E-state index contributed by atoms with van der Waals surface area (Å²) in [5, 5.41) is 18.7. The fraction of sp³-hybridized carbons (Fsp3) is 0.211. The van der Waals surface area contributed by atoms with Gasteiger partial charge in [0, 0.05) is 34.7 Å². The van der Waals surface area contributed by atoms with Crippen molar-refractivity contribution in [2.75, 3.05) is 12.5 Å². The van der Waals surface area contributed by atoms with E-state index in [1.165, 1.54) is 51.3 Å². The predicted molar refractivity (Wildman–Crippen MR) is 209 cm³/mol. The lowest BCUT2D eigenvalue weighted by Crippen LogP contribution is -2.08. The summed E-state index contributed by atoms with van der Waals surface area (Å²) in [4.78, 5) is 24.0. The topological polar surface area (TPSA) is 152 Å². The summed E-state index contributed by atoms with van der Waals surface area (Å²) in [6.45, 7) is 3.28. The van der Waals surface area contributed by atoms with E-state index in [1.54, 1.807) is 26.0 Å². The largest absolute Gasteiger partial charge is 0.481 e. The molecule has 6 aromatic rings. The fourth-order valence-electron chi connectivity index (χ4n) is 5.96. The standard InChI is InChI=1S/C19H15ClF3NO4S2.C19H16F3NO4S2/c1-10-13(7-17(25)26)16-8-15(20)14(19(21,22)23)9-24(16)18(10)29-11-3-5-12(6-4-11)30(2,27)28;1-11-15(9-17(24)25)16-8-3-12(19(20,21)22)10-23(16)18(11)28-13-4-6-14(7-5-13)29(2,26)27/h3-6,8-9H,7H2,1-2H3,(H,25,26);3-8,10H,9H2,1-2H3,(H,24,25). The fourth-order valence-corrected chi connectivity index (χ4v) is 9.52. The Balaban J connectivity index is 0.000000224. The molecule has 2 aromatic carbocycles. The number of carboxylic acids is 2. The van der Waals surface area contributed by atoms with Gasteiger partial charge in [0.1, 0.15) is 0 Å². The Hall–Kier alpha value is -4.63. The lowest BCUT2D eigenvalue weighted by Gasteiger charge is -2.12. The summed E-state index contributed by atoms with van der Waals surface area (Å²) in [6.07, 6.45) is -5.99. The molecule has 4 heterocycles. The van der Waals surface area contributed by atoms with E-state index in [1.807, 2.05) is 0 Å². The summed E-state index contributed by atoms with van der Waals surface area (Å²) in [7, 11) is -6.76. The number of rotatable bonds is 10. The molecule has 0 amide bonds. The van der Waals surface area contributed by atoms with E-state index < -0.39 is 60.1 Å². The van der Waals surface area contributed by atoms with E-state index in [4.69, 9.17) is 11.6 Å². The lowest BCUT2D eigenvalue weighted by molar-refractivity contribution is -0.138. The number of sulfone groups is 2. The molecule has 4 aromatic heterocycles. The Kier molecular flexibility index (Phi) is 12.9. The zero-order valence-electron chi connectivity index (χ0n) is 30.9. The number of hydrogen-bond donors (Lipinski definition) is 2. The summed E-state index contributed by atoms with van der Waals surface area (Å²) in [5.74, 6) is -2.22. The molecule has 2 N–H and O–H groups in total. The summed E-state index contributed by atoms with van der Waals surface area (Å²) < 4.78 is 129. The van der Waals surface area contributed by atoms with Crippen molar-refractivity contribution in [3.05, 3.63) is 118 Å². The third-order valence-electron chi connectivity index (χ3n) is 8.81. The van der Waals surface area contributed by atoms with Crippen LogP contribution < -0.4 is 0 Å². The van der Waals surface area contributed by atoms with Crippen LogP contribution in [0.4, 0.5) is 26.3 Å². The normalized spacial score (nSPS) is 12.5. The molecule has 314 valence electrons. The second-order valence-corrected chi connectivity index (χ2v) is 19.7. The van der Waals surface area contributed by atoms with Gasteiger partial charge in [0.15, 0.2) is 19.7 Å². The average Bonchev–Trinajstić information content (AvgIpc) is 3.50. The number of carbonyl (C=O) groups is 2. The average molecular weight is 921 g/mol. The molecule has 0 aliphatic carbocycles. The van der Waals surface area contributed by atoms with Crippen LogP contribution in [-0.4, -0.2) is 60.3 Å². The van der Waals surface area contributed by atoms with Crippen LogP contribution in [0.15, 0.2) is 109 Å². The van der Waals surface area contributed by atoms with E-state index in [0.717, 1.165) is 60.6 Å². The van der Waals surface area contributed by atoms with Crippen LogP contribution >= 0.6 is 35.1 Å². The van der Waals surface area contributed by atoms with E-state index in [-0.39, 0.29) is 28.1 Å². The Labute approximate surface area is 346 Å². The highest BCUT2D eigenvalue weighted by atomic mass is 35.5. The molecule has 0 fully saturated rings. The predicted octanol–water partition coefficient (Wildman–Crippen LogP) is 9.55. The van der Waals surface area contributed by atoms with Gasteiger partial charge in [-0.25, -0.2) is 16.8 Å². The molecule has 0 bridgehead atoms. The maximum atomic E-state index is 13.4. The van der Waals surface area contributed by atoms with Crippen LogP contribution in [0, 0.1) is 13.8 Å². The van der Waals surface area contributed by atoms with Gasteiger partial charge in [-0.15, -0.1) is 0 Å². The quantitative estimate of drug-likeness (QED) is 0.127. The number of nitrogens with zero attached hydrogens (tertiary/aromatic N) is 2. The zero-order valence-corrected chi connectivity index (χ0v) is 35.0. The SMILES string of the molecule is Cc1c(CC(=O)O)c2cc(Cl)c(C(F)(F)F)cn2c1Sc1ccc(S(C)(=O)=O)cc1.Cc1c(CC(=O)O)c2ccc(C(F)(F)F)cn2c1Sc1ccc(S(C)(=O)=O)cc1. The Morgan fingerprint density at radius 1 is 0.644 bits per heavy atom. The maximum absolute atomic E-state index is 13.4. The molecule has 10 nitrogen and oxygen atoms in total. The Bertz CT molecular complexity index is 2840. The van der Waals surface area contributed by atoms with E-state index in [9.17, 15) is 63.0 Å².